The zero-order valence-corrected chi connectivity index (χ0v) is 12.0. The molecule has 94 valence electrons. The molecule has 1 aromatic rings. The summed E-state index contributed by atoms with van der Waals surface area (Å²) in [7, 11) is 1.70. The predicted octanol–water partition coefficient (Wildman–Crippen LogP) is 3.12. The molecule has 0 amide bonds. The number of methoxy groups -OCH3 is 1. The van der Waals surface area contributed by atoms with Crippen molar-refractivity contribution in [3.05, 3.63) is 28.2 Å². The summed E-state index contributed by atoms with van der Waals surface area (Å²) in [5.74, 6) is 0. The second-order valence-corrected chi connectivity index (χ2v) is 4.77. The SMILES string of the molecule is CCN(c1ccc(C=O)c(Br)c1)C(C)COC. The van der Waals surface area contributed by atoms with Crippen molar-refractivity contribution in [2.45, 2.75) is 19.9 Å². The highest BCUT2D eigenvalue weighted by atomic mass is 79.9. The molecule has 0 aliphatic rings. The lowest BCUT2D eigenvalue weighted by Gasteiger charge is -2.30. The number of benzene rings is 1. The maximum atomic E-state index is 10.8. The number of carbonyl (C=O) groups excluding carboxylic acids is 1. The van der Waals surface area contributed by atoms with Gasteiger partial charge >= 0.3 is 0 Å². The van der Waals surface area contributed by atoms with Crippen molar-refractivity contribution in [3.8, 4) is 0 Å². The van der Waals surface area contributed by atoms with Crippen LogP contribution in [0.5, 0.6) is 0 Å². The molecule has 3 nitrogen and oxygen atoms in total. The molecule has 0 N–H and O–H groups in total. The van der Waals surface area contributed by atoms with Crippen LogP contribution in [0.4, 0.5) is 5.69 Å². The minimum absolute atomic E-state index is 0.305. The van der Waals surface area contributed by atoms with Gasteiger partial charge in [-0.3, -0.25) is 4.79 Å². The largest absolute Gasteiger partial charge is 0.383 e. The summed E-state index contributed by atoms with van der Waals surface area (Å²) in [5, 5.41) is 0. The second-order valence-electron chi connectivity index (χ2n) is 3.91. The van der Waals surface area contributed by atoms with Crippen LogP contribution in [0, 0.1) is 0 Å². The van der Waals surface area contributed by atoms with Crippen LogP contribution < -0.4 is 4.90 Å². The van der Waals surface area contributed by atoms with E-state index in [9.17, 15) is 4.79 Å². The molecule has 0 aliphatic carbocycles. The van der Waals surface area contributed by atoms with E-state index >= 15 is 0 Å². The number of hydrogen-bond donors (Lipinski definition) is 0. The molecular formula is C13H18BrNO2. The topological polar surface area (TPSA) is 29.5 Å². The van der Waals surface area contributed by atoms with E-state index in [1.54, 1.807) is 7.11 Å². The van der Waals surface area contributed by atoms with E-state index in [0.29, 0.717) is 18.2 Å². The van der Waals surface area contributed by atoms with Crippen LogP contribution in [0.3, 0.4) is 0 Å². The highest BCUT2D eigenvalue weighted by Crippen LogP contribution is 2.24. The van der Waals surface area contributed by atoms with E-state index in [1.165, 1.54) is 0 Å². The van der Waals surface area contributed by atoms with Gasteiger partial charge < -0.3 is 9.64 Å². The van der Waals surface area contributed by atoms with E-state index in [2.05, 4.69) is 34.7 Å². The number of carbonyl (C=O) groups is 1. The Kier molecular flexibility index (Phi) is 5.65. The average Bonchev–Trinajstić information content (AvgIpc) is 2.30. The van der Waals surface area contributed by atoms with E-state index in [1.807, 2.05) is 18.2 Å². The van der Waals surface area contributed by atoms with Gasteiger partial charge in [-0.1, -0.05) is 0 Å². The van der Waals surface area contributed by atoms with E-state index < -0.39 is 0 Å². The van der Waals surface area contributed by atoms with Crippen LogP contribution in [0.25, 0.3) is 0 Å². The van der Waals surface area contributed by atoms with Gasteiger partial charge in [0.15, 0.2) is 6.29 Å². The van der Waals surface area contributed by atoms with Gasteiger partial charge in [0.05, 0.1) is 6.61 Å². The van der Waals surface area contributed by atoms with Crippen molar-refractivity contribution in [1.82, 2.24) is 0 Å². The Bertz CT molecular complexity index is 382. The van der Waals surface area contributed by atoms with Gasteiger partial charge in [-0.2, -0.15) is 0 Å². The number of anilines is 1. The molecule has 17 heavy (non-hydrogen) atoms. The van der Waals surface area contributed by atoms with Crippen molar-refractivity contribution in [2.75, 3.05) is 25.2 Å². The van der Waals surface area contributed by atoms with Crippen LogP contribution in [0.15, 0.2) is 22.7 Å². The quantitative estimate of drug-likeness (QED) is 0.756. The zero-order valence-electron chi connectivity index (χ0n) is 10.4. The fourth-order valence-electron chi connectivity index (χ4n) is 1.87. The van der Waals surface area contributed by atoms with Crippen LogP contribution in [0.2, 0.25) is 0 Å². The number of aldehydes is 1. The summed E-state index contributed by atoms with van der Waals surface area (Å²) in [6.07, 6.45) is 0.850. The Morgan fingerprint density at radius 3 is 2.71 bits per heavy atom. The molecule has 0 fully saturated rings. The van der Waals surface area contributed by atoms with Gasteiger partial charge in [-0.25, -0.2) is 0 Å². The molecule has 0 heterocycles. The number of ether oxygens (including phenoxy) is 1. The Hall–Kier alpha value is -0.870. The summed E-state index contributed by atoms with van der Waals surface area (Å²) in [5.41, 5.74) is 1.76. The lowest BCUT2D eigenvalue weighted by atomic mass is 10.2. The molecule has 1 rings (SSSR count). The third-order valence-corrected chi connectivity index (χ3v) is 3.41. The molecule has 0 bridgehead atoms. The number of likely N-dealkylation sites (N-methyl/N-ethyl adjacent to an activating group) is 1. The first-order chi connectivity index (χ1) is 8.13. The van der Waals surface area contributed by atoms with Crippen molar-refractivity contribution >= 4 is 27.9 Å². The molecule has 0 radical (unpaired) electrons. The molecule has 0 aliphatic heterocycles. The molecule has 0 saturated carbocycles. The molecule has 1 unspecified atom stereocenters. The Morgan fingerprint density at radius 1 is 1.53 bits per heavy atom. The van der Waals surface area contributed by atoms with Gasteiger partial charge in [0.2, 0.25) is 0 Å². The maximum Gasteiger partial charge on any atom is 0.151 e. The Balaban J connectivity index is 2.96. The first-order valence-corrected chi connectivity index (χ1v) is 6.43. The van der Waals surface area contributed by atoms with Crippen molar-refractivity contribution in [3.63, 3.8) is 0 Å². The number of nitrogens with zero attached hydrogens (tertiary/aromatic N) is 1. The second kappa shape index (κ2) is 6.77. The monoisotopic (exact) mass is 299 g/mol. The van der Waals surface area contributed by atoms with Crippen molar-refractivity contribution in [1.29, 1.82) is 0 Å². The average molecular weight is 300 g/mol. The fraction of sp³-hybridized carbons (Fsp3) is 0.462. The van der Waals surface area contributed by atoms with Gasteiger partial charge in [-0.15, -0.1) is 0 Å². The van der Waals surface area contributed by atoms with Gasteiger partial charge in [0.1, 0.15) is 0 Å². The van der Waals surface area contributed by atoms with Crippen LogP contribution in [-0.4, -0.2) is 32.6 Å². The van der Waals surface area contributed by atoms with E-state index in [0.717, 1.165) is 23.0 Å². The number of halogens is 1. The fourth-order valence-corrected chi connectivity index (χ4v) is 2.33. The van der Waals surface area contributed by atoms with Gasteiger partial charge in [0.25, 0.3) is 0 Å². The van der Waals surface area contributed by atoms with E-state index in [-0.39, 0.29) is 0 Å². The normalized spacial score (nSPS) is 12.2. The summed E-state index contributed by atoms with van der Waals surface area (Å²) in [6, 6.07) is 6.07. The third kappa shape index (κ3) is 3.54. The molecule has 0 saturated heterocycles. The molecule has 1 aromatic carbocycles. The van der Waals surface area contributed by atoms with E-state index in [4.69, 9.17) is 4.74 Å². The minimum Gasteiger partial charge on any atom is -0.383 e. The molecule has 1 atom stereocenters. The number of hydrogen-bond acceptors (Lipinski definition) is 3. The minimum atomic E-state index is 0.305. The third-order valence-electron chi connectivity index (χ3n) is 2.72. The van der Waals surface area contributed by atoms with Gasteiger partial charge in [-0.05, 0) is 48.0 Å². The summed E-state index contributed by atoms with van der Waals surface area (Å²) < 4.78 is 6.00. The lowest BCUT2D eigenvalue weighted by Crippen LogP contribution is -2.36. The molecule has 0 aromatic heterocycles. The molecule has 0 spiro atoms. The summed E-state index contributed by atoms with van der Waals surface area (Å²) in [6.45, 7) is 5.81. The zero-order chi connectivity index (χ0) is 12.8. The van der Waals surface area contributed by atoms with Crippen LogP contribution in [-0.2, 0) is 4.74 Å². The van der Waals surface area contributed by atoms with Crippen LogP contribution >= 0.6 is 15.9 Å². The van der Waals surface area contributed by atoms with Crippen molar-refractivity contribution < 1.29 is 9.53 Å². The highest BCUT2D eigenvalue weighted by molar-refractivity contribution is 9.10. The molecule has 4 heteroatoms. The van der Waals surface area contributed by atoms with Gasteiger partial charge in [0, 0.05) is 35.4 Å². The Labute approximate surface area is 111 Å². The maximum absolute atomic E-state index is 10.8. The highest BCUT2D eigenvalue weighted by Gasteiger charge is 2.13. The lowest BCUT2D eigenvalue weighted by molar-refractivity contribution is 0.112. The summed E-state index contributed by atoms with van der Waals surface area (Å²) in [4.78, 5) is 13.0. The first-order valence-electron chi connectivity index (χ1n) is 5.64. The number of rotatable bonds is 6. The summed E-state index contributed by atoms with van der Waals surface area (Å²) >= 11 is 3.40. The van der Waals surface area contributed by atoms with Crippen LogP contribution in [0.1, 0.15) is 24.2 Å². The smallest absolute Gasteiger partial charge is 0.151 e. The first kappa shape index (κ1) is 14.2. The standard InChI is InChI=1S/C13H18BrNO2/c1-4-15(10(2)9-17-3)12-6-5-11(8-16)13(14)7-12/h5-8,10H,4,9H2,1-3H3. The molecular weight excluding hydrogens is 282 g/mol. The predicted molar refractivity (Wildman–Crippen MR) is 73.9 cm³/mol. The Morgan fingerprint density at radius 2 is 2.24 bits per heavy atom. The van der Waals surface area contributed by atoms with Crippen molar-refractivity contribution in [2.24, 2.45) is 0 Å².